The molecule has 0 bridgehead atoms. The van der Waals surface area contributed by atoms with Crippen LogP contribution in [0.15, 0.2) is 56.1 Å². The molecule has 0 saturated heterocycles. The van der Waals surface area contributed by atoms with Crippen LogP contribution in [0, 0.1) is 6.92 Å². The molecule has 0 radical (unpaired) electrons. The fourth-order valence-corrected chi connectivity index (χ4v) is 3.23. The molecule has 0 aliphatic rings. The van der Waals surface area contributed by atoms with Gasteiger partial charge in [-0.05, 0) is 30.2 Å². The number of methoxy groups -OCH3 is 1. The van der Waals surface area contributed by atoms with Crippen molar-refractivity contribution in [2.24, 2.45) is 0 Å². The number of aryl methyl sites for hydroxylation is 1. The standard InChI is InChI=1S/C18H13BrO4/c1-10-14-13(23-18(21)15(10)17(20)22-2)9-8-12(19)16(14)11-6-4-3-5-7-11/h3-9H,1-2H3. The van der Waals surface area contributed by atoms with Gasteiger partial charge in [0.25, 0.3) is 0 Å². The minimum Gasteiger partial charge on any atom is -0.465 e. The Bertz CT molecular complexity index is 958. The van der Waals surface area contributed by atoms with Gasteiger partial charge in [0.2, 0.25) is 0 Å². The fraction of sp³-hybridized carbons (Fsp3) is 0.111. The third kappa shape index (κ3) is 2.57. The molecule has 1 heterocycles. The van der Waals surface area contributed by atoms with E-state index in [9.17, 15) is 9.59 Å². The molecule has 5 heteroatoms. The van der Waals surface area contributed by atoms with Crippen molar-refractivity contribution in [3.05, 3.63) is 68.5 Å². The Hall–Kier alpha value is -2.40. The van der Waals surface area contributed by atoms with E-state index >= 15 is 0 Å². The van der Waals surface area contributed by atoms with Crippen LogP contribution in [0.4, 0.5) is 0 Å². The molecule has 0 aliphatic heterocycles. The number of carbonyl (C=O) groups excluding carboxylic acids is 1. The molecule has 2 aromatic carbocycles. The number of fused-ring (bicyclic) bond motifs is 1. The van der Waals surface area contributed by atoms with E-state index in [0.717, 1.165) is 15.6 Å². The van der Waals surface area contributed by atoms with E-state index in [4.69, 9.17) is 9.15 Å². The van der Waals surface area contributed by atoms with Crippen molar-refractivity contribution in [1.82, 2.24) is 0 Å². The van der Waals surface area contributed by atoms with Gasteiger partial charge >= 0.3 is 11.6 Å². The van der Waals surface area contributed by atoms with Crippen molar-refractivity contribution in [2.45, 2.75) is 6.92 Å². The summed E-state index contributed by atoms with van der Waals surface area (Å²) in [5, 5.41) is 0.713. The lowest BCUT2D eigenvalue weighted by atomic mass is 9.96. The Morgan fingerprint density at radius 2 is 1.83 bits per heavy atom. The number of hydrogen-bond acceptors (Lipinski definition) is 4. The summed E-state index contributed by atoms with van der Waals surface area (Å²) in [6, 6.07) is 13.2. The highest BCUT2D eigenvalue weighted by Crippen LogP contribution is 2.37. The maximum atomic E-state index is 12.1. The highest BCUT2D eigenvalue weighted by molar-refractivity contribution is 9.10. The predicted octanol–water partition coefficient (Wildman–Crippen LogP) is 4.32. The molecule has 0 saturated carbocycles. The quantitative estimate of drug-likeness (QED) is 0.496. The largest absolute Gasteiger partial charge is 0.465 e. The molecule has 0 N–H and O–H groups in total. The van der Waals surface area contributed by atoms with Crippen molar-refractivity contribution < 1.29 is 13.9 Å². The van der Waals surface area contributed by atoms with Crippen LogP contribution in [0.1, 0.15) is 15.9 Å². The zero-order valence-electron chi connectivity index (χ0n) is 12.6. The molecule has 0 amide bonds. The second kappa shape index (κ2) is 6.01. The summed E-state index contributed by atoms with van der Waals surface area (Å²) in [5.74, 6) is -0.697. The van der Waals surface area contributed by atoms with E-state index in [1.54, 1.807) is 13.0 Å². The summed E-state index contributed by atoms with van der Waals surface area (Å²) < 4.78 is 10.9. The molecule has 116 valence electrons. The Kier molecular flexibility index (Phi) is 4.05. The lowest BCUT2D eigenvalue weighted by Gasteiger charge is -2.13. The molecular formula is C18H13BrO4. The Morgan fingerprint density at radius 1 is 1.13 bits per heavy atom. The first-order valence-corrected chi connectivity index (χ1v) is 7.73. The van der Waals surface area contributed by atoms with Gasteiger partial charge in [0.15, 0.2) is 0 Å². The molecule has 1 aromatic heterocycles. The average molecular weight is 373 g/mol. The Morgan fingerprint density at radius 3 is 2.48 bits per heavy atom. The van der Waals surface area contributed by atoms with E-state index in [1.807, 2.05) is 36.4 Å². The second-order valence-electron chi connectivity index (χ2n) is 5.04. The van der Waals surface area contributed by atoms with Crippen LogP contribution in [0.5, 0.6) is 0 Å². The van der Waals surface area contributed by atoms with E-state index in [-0.39, 0.29) is 5.56 Å². The number of halogens is 1. The van der Waals surface area contributed by atoms with Gasteiger partial charge in [-0.15, -0.1) is 0 Å². The van der Waals surface area contributed by atoms with E-state index in [2.05, 4.69) is 15.9 Å². The van der Waals surface area contributed by atoms with Gasteiger partial charge < -0.3 is 9.15 Å². The summed E-state index contributed by atoms with van der Waals surface area (Å²) in [6.07, 6.45) is 0. The number of benzene rings is 2. The van der Waals surface area contributed by atoms with E-state index in [1.165, 1.54) is 7.11 Å². The van der Waals surface area contributed by atoms with Crippen LogP contribution < -0.4 is 5.63 Å². The van der Waals surface area contributed by atoms with E-state index < -0.39 is 11.6 Å². The first-order chi connectivity index (χ1) is 11.0. The third-order valence-electron chi connectivity index (χ3n) is 3.73. The van der Waals surface area contributed by atoms with Gasteiger partial charge in [0.05, 0.1) is 7.11 Å². The number of ether oxygens (including phenoxy) is 1. The second-order valence-corrected chi connectivity index (χ2v) is 5.90. The number of rotatable bonds is 2. The first-order valence-electron chi connectivity index (χ1n) is 6.94. The van der Waals surface area contributed by atoms with Gasteiger partial charge in [0.1, 0.15) is 11.1 Å². The Balaban J connectivity index is 2.48. The number of carbonyl (C=O) groups is 1. The van der Waals surface area contributed by atoms with Gasteiger partial charge in [-0.3, -0.25) is 0 Å². The topological polar surface area (TPSA) is 56.5 Å². The highest BCUT2D eigenvalue weighted by atomic mass is 79.9. The minimum absolute atomic E-state index is 0.0738. The van der Waals surface area contributed by atoms with Crippen molar-refractivity contribution in [1.29, 1.82) is 0 Å². The first kappa shape index (κ1) is 15.5. The molecule has 0 aliphatic carbocycles. The van der Waals surface area contributed by atoms with Gasteiger partial charge in [-0.2, -0.15) is 0 Å². The highest BCUT2D eigenvalue weighted by Gasteiger charge is 2.22. The monoisotopic (exact) mass is 372 g/mol. The third-order valence-corrected chi connectivity index (χ3v) is 4.39. The van der Waals surface area contributed by atoms with Crippen LogP contribution in [0.25, 0.3) is 22.1 Å². The van der Waals surface area contributed by atoms with Crippen molar-refractivity contribution in [2.75, 3.05) is 7.11 Å². The van der Waals surface area contributed by atoms with Gasteiger partial charge in [-0.1, -0.05) is 46.3 Å². The lowest BCUT2D eigenvalue weighted by Crippen LogP contribution is -2.17. The van der Waals surface area contributed by atoms with Crippen LogP contribution in [0.3, 0.4) is 0 Å². The SMILES string of the molecule is COC(=O)c1c(C)c2c(-c3ccccc3)c(Br)ccc2oc1=O. The zero-order valence-corrected chi connectivity index (χ0v) is 14.1. The van der Waals surface area contributed by atoms with Crippen molar-refractivity contribution in [3.63, 3.8) is 0 Å². The van der Waals surface area contributed by atoms with E-state index in [0.29, 0.717) is 16.5 Å². The molecular weight excluding hydrogens is 360 g/mol. The molecule has 23 heavy (non-hydrogen) atoms. The maximum absolute atomic E-state index is 12.1. The van der Waals surface area contributed by atoms with Crippen LogP contribution in [-0.4, -0.2) is 13.1 Å². The molecule has 0 atom stereocenters. The van der Waals surface area contributed by atoms with Crippen LogP contribution in [-0.2, 0) is 4.74 Å². The molecule has 3 rings (SSSR count). The van der Waals surface area contributed by atoms with Crippen molar-refractivity contribution in [3.8, 4) is 11.1 Å². The van der Waals surface area contributed by atoms with Crippen LogP contribution >= 0.6 is 15.9 Å². The lowest BCUT2D eigenvalue weighted by molar-refractivity contribution is 0.0595. The maximum Gasteiger partial charge on any atom is 0.351 e. The molecule has 0 spiro atoms. The zero-order chi connectivity index (χ0) is 16.6. The predicted molar refractivity (Wildman–Crippen MR) is 91.7 cm³/mol. The summed E-state index contributed by atoms with van der Waals surface area (Å²) >= 11 is 3.55. The molecule has 3 aromatic rings. The fourth-order valence-electron chi connectivity index (χ4n) is 2.67. The number of hydrogen-bond donors (Lipinski definition) is 0. The molecule has 4 nitrogen and oxygen atoms in total. The van der Waals surface area contributed by atoms with Gasteiger partial charge in [0, 0.05) is 15.4 Å². The van der Waals surface area contributed by atoms with Crippen LogP contribution in [0.2, 0.25) is 0 Å². The minimum atomic E-state index is -0.697. The summed E-state index contributed by atoms with van der Waals surface area (Å²) in [5.41, 5.74) is 2.04. The molecule has 0 fully saturated rings. The normalized spacial score (nSPS) is 10.7. The summed E-state index contributed by atoms with van der Waals surface area (Å²) in [7, 11) is 1.24. The Labute approximate surface area is 140 Å². The summed E-state index contributed by atoms with van der Waals surface area (Å²) in [6.45, 7) is 1.73. The smallest absolute Gasteiger partial charge is 0.351 e. The number of esters is 1. The average Bonchev–Trinajstić information content (AvgIpc) is 2.56. The molecule has 0 unspecified atom stereocenters. The van der Waals surface area contributed by atoms with Gasteiger partial charge in [-0.25, -0.2) is 9.59 Å². The van der Waals surface area contributed by atoms with Crippen molar-refractivity contribution >= 4 is 32.9 Å². The summed E-state index contributed by atoms with van der Waals surface area (Å²) in [4.78, 5) is 24.0.